The van der Waals surface area contributed by atoms with Gasteiger partial charge in [-0.25, -0.2) is 5.84 Å². The predicted octanol–water partition coefficient (Wildman–Crippen LogP) is 0.901. The molecular formula is C12H14N2O3. The third-order valence-electron chi connectivity index (χ3n) is 2.17. The minimum Gasteiger partial charge on any atom is -0.497 e. The second-order valence-electron chi connectivity index (χ2n) is 3.23. The molecule has 0 unspecified atom stereocenters. The van der Waals surface area contributed by atoms with Gasteiger partial charge in [-0.2, -0.15) is 0 Å². The first-order chi connectivity index (χ1) is 8.22. The summed E-state index contributed by atoms with van der Waals surface area (Å²) in [6.45, 7) is 0. The van der Waals surface area contributed by atoms with Crippen LogP contribution in [0.5, 0.6) is 5.75 Å². The highest BCUT2D eigenvalue weighted by atomic mass is 16.5. The highest BCUT2D eigenvalue weighted by molar-refractivity contribution is 5.97. The first-order valence-electron chi connectivity index (χ1n) is 5.02. The summed E-state index contributed by atoms with van der Waals surface area (Å²) in [6.07, 6.45) is 4.44. The first-order valence-corrected chi connectivity index (χ1v) is 5.02. The van der Waals surface area contributed by atoms with Gasteiger partial charge in [0, 0.05) is 6.42 Å². The summed E-state index contributed by atoms with van der Waals surface area (Å²) in [4.78, 5) is 21.7. The van der Waals surface area contributed by atoms with Crippen molar-refractivity contribution in [1.82, 2.24) is 5.43 Å². The SMILES string of the molecule is COc1ccc(C=CCC=O)c(C(=O)NN)c1. The summed E-state index contributed by atoms with van der Waals surface area (Å²) in [5.74, 6) is 5.26. The zero-order chi connectivity index (χ0) is 12.7. The maximum Gasteiger partial charge on any atom is 0.265 e. The van der Waals surface area contributed by atoms with Gasteiger partial charge in [-0.05, 0) is 17.7 Å². The number of hydrogen-bond acceptors (Lipinski definition) is 4. The molecule has 0 aliphatic rings. The number of nitrogens with one attached hydrogen (secondary N) is 1. The Hall–Kier alpha value is -2.14. The van der Waals surface area contributed by atoms with Gasteiger partial charge >= 0.3 is 0 Å². The lowest BCUT2D eigenvalue weighted by molar-refractivity contribution is -0.107. The molecule has 5 heteroatoms. The van der Waals surface area contributed by atoms with E-state index in [1.807, 2.05) is 0 Å². The maximum atomic E-state index is 11.5. The van der Waals surface area contributed by atoms with Crippen LogP contribution in [0.3, 0.4) is 0 Å². The predicted molar refractivity (Wildman–Crippen MR) is 64.4 cm³/mol. The largest absolute Gasteiger partial charge is 0.497 e. The van der Waals surface area contributed by atoms with Crippen molar-refractivity contribution in [3.05, 3.63) is 35.4 Å². The van der Waals surface area contributed by atoms with Crippen molar-refractivity contribution in [2.24, 2.45) is 5.84 Å². The molecule has 0 atom stereocenters. The van der Waals surface area contributed by atoms with E-state index in [1.165, 1.54) is 7.11 Å². The third kappa shape index (κ3) is 3.42. The molecule has 17 heavy (non-hydrogen) atoms. The van der Waals surface area contributed by atoms with Crippen molar-refractivity contribution >= 4 is 18.3 Å². The molecule has 0 aliphatic heterocycles. The Morgan fingerprint density at radius 3 is 2.88 bits per heavy atom. The Balaban J connectivity index is 3.10. The highest BCUT2D eigenvalue weighted by Crippen LogP contribution is 2.19. The van der Waals surface area contributed by atoms with Crippen LogP contribution in [0.2, 0.25) is 0 Å². The molecule has 1 amide bonds. The van der Waals surface area contributed by atoms with E-state index in [0.717, 1.165) is 6.29 Å². The van der Waals surface area contributed by atoms with Gasteiger partial charge in [0.15, 0.2) is 0 Å². The van der Waals surface area contributed by atoms with Crippen molar-refractivity contribution in [1.29, 1.82) is 0 Å². The van der Waals surface area contributed by atoms with Crippen LogP contribution in [-0.4, -0.2) is 19.3 Å². The van der Waals surface area contributed by atoms with E-state index >= 15 is 0 Å². The molecule has 0 fully saturated rings. The second-order valence-corrected chi connectivity index (χ2v) is 3.23. The molecule has 0 aliphatic carbocycles. The third-order valence-corrected chi connectivity index (χ3v) is 2.17. The zero-order valence-electron chi connectivity index (χ0n) is 9.47. The van der Waals surface area contributed by atoms with Crippen molar-refractivity contribution in [3.63, 3.8) is 0 Å². The number of amides is 1. The number of ether oxygens (including phenoxy) is 1. The molecule has 1 aromatic rings. The van der Waals surface area contributed by atoms with Gasteiger partial charge in [0.25, 0.3) is 5.91 Å². The van der Waals surface area contributed by atoms with Crippen LogP contribution in [0.15, 0.2) is 24.3 Å². The standard InChI is InChI=1S/C12H14N2O3/c1-17-10-6-5-9(4-2-3-7-15)11(8-10)12(16)14-13/h2,4-8H,3,13H2,1H3,(H,14,16). The summed E-state index contributed by atoms with van der Waals surface area (Å²) in [5, 5.41) is 0. The number of aldehydes is 1. The summed E-state index contributed by atoms with van der Waals surface area (Å²) >= 11 is 0. The normalized spacial score (nSPS) is 10.2. The van der Waals surface area contributed by atoms with Crippen molar-refractivity contribution < 1.29 is 14.3 Å². The molecule has 0 radical (unpaired) electrons. The van der Waals surface area contributed by atoms with Gasteiger partial charge in [0.1, 0.15) is 12.0 Å². The number of allylic oxidation sites excluding steroid dienone is 1. The van der Waals surface area contributed by atoms with Crippen molar-refractivity contribution in [2.75, 3.05) is 7.11 Å². The number of nitrogen functional groups attached to an aromatic ring is 1. The summed E-state index contributed by atoms with van der Waals surface area (Å²) in [7, 11) is 1.52. The molecule has 0 spiro atoms. The van der Waals surface area contributed by atoms with Gasteiger partial charge in [-0.3, -0.25) is 10.2 Å². The summed E-state index contributed by atoms with van der Waals surface area (Å²) in [6, 6.07) is 5.04. The van der Waals surface area contributed by atoms with Crippen molar-refractivity contribution in [3.8, 4) is 5.75 Å². The van der Waals surface area contributed by atoms with Crippen LogP contribution < -0.4 is 16.0 Å². The minimum atomic E-state index is -0.408. The topological polar surface area (TPSA) is 81.4 Å². The molecular weight excluding hydrogens is 220 g/mol. The average molecular weight is 234 g/mol. The van der Waals surface area contributed by atoms with Gasteiger partial charge in [0.2, 0.25) is 0 Å². The van der Waals surface area contributed by atoms with Crippen LogP contribution in [0.25, 0.3) is 6.08 Å². The molecule has 1 rings (SSSR count). The number of carbonyl (C=O) groups is 2. The number of nitrogens with two attached hydrogens (primary N) is 1. The number of hydrazine groups is 1. The first kappa shape index (κ1) is 12.9. The number of rotatable bonds is 5. The smallest absolute Gasteiger partial charge is 0.265 e. The maximum absolute atomic E-state index is 11.5. The number of carbonyl (C=O) groups excluding carboxylic acids is 2. The molecule has 1 aromatic carbocycles. The molecule has 5 nitrogen and oxygen atoms in total. The van der Waals surface area contributed by atoms with E-state index in [9.17, 15) is 9.59 Å². The Morgan fingerprint density at radius 1 is 1.53 bits per heavy atom. The summed E-state index contributed by atoms with van der Waals surface area (Å²) < 4.78 is 5.03. The van der Waals surface area contributed by atoms with Crippen LogP contribution in [0.1, 0.15) is 22.3 Å². The zero-order valence-corrected chi connectivity index (χ0v) is 9.47. The molecule has 0 saturated heterocycles. The molecule has 90 valence electrons. The van der Waals surface area contributed by atoms with E-state index in [-0.39, 0.29) is 0 Å². The fraction of sp³-hybridized carbons (Fsp3) is 0.167. The van der Waals surface area contributed by atoms with Crippen LogP contribution in [0.4, 0.5) is 0 Å². The fourth-order valence-electron chi connectivity index (χ4n) is 1.33. The number of hydrogen-bond donors (Lipinski definition) is 2. The van der Waals surface area contributed by atoms with E-state index in [0.29, 0.717) is 23.3 Å². The van der Waals surface area contributed by atoms with Gasteiger partial charge in [-0.1, -0.05) is 18.2 Å². The Labute approximate surface area is 99.2 Å². The lowest BCUT2D eigenvalue weighted by Gasteiger charge is -2.07. The summed E-state index contributed by atoms with van der Waals surface area (Å²) in [5.41, 5.74) is 3.14. The van der Waals surface area contributed by atoms with Crippen molar-refractivity contribution in [2.45, 2.75) is 6.42 Å². The monoisotopic (exact) mass is 234 g/mol. The Kier molecular flexibility index (Phi) is 4.90. The molecule has 3 N–H and O–H groups in total. The Morgan fingerprint density at radius 2 is 2.29 bits per heavy atom. The lowest BCUT2D eigenvalue weighted by atomic mass is 10.1. The van der Waals surface area contributed by atoms with E-state index < -0.39 is 5.91 Å². The number of benzene rings is 1. The molecule has 0 saturated carbocycles. The van der Waals surface area contributed by atoms with Crippen LogP contribution >= 0.6 is 0 Å². The Bertz CT molecular complexity index is 441. The van der Waals surface area contributed by atoms with Crippen LogP contribution in [0, 0.1) is 0 Å². The molecule has 0 bridgehead atoms. The van der Waals surface area contributed by atoms with Gasteiger partial charge in [-0.15, -0.1) is 0 Å². The second kappa shape index (κ2) is 6.44. The van der Waals surface area contributed by atoms with E-state index in [1.54, 1.807) is 30.4 Å². The highest BCUT2D eigenvalue weighted by Gasteiger charge is 2.09. The van der Waals surface area contributed by atoms with Crippen LogP contribution in [-0.2, 0) is 4.79 Å². The quantitative estimate of drug-likeness (QED) is 0.343. The minimum absolute atomic E-state index is 0.301. The molecule has 0 heterocycles. The molecule has 0 aromatic heterocycles. The average Bonchev–Trinajstić information content (AvgIpc) is 2.38. The van der Waals surface area contributed by atoms with Gasteiger partial charge in [0.05, 0.1) is 12.7 Å². The lowest BCUT2D eigenvalue weighted by Crippen LogP contribution is -2.30. The van der Waals surface area contributed by atoms with Gasteiger partial charge < -0.3 is 9.53 Å². The number of methoxy groups -OCH3 is 1. The van der Waals surface area contributed by atoms with E-state index in [2.05, 4.69) is 5.43 Å². The van der Waals surface area contributed by atoms with E-state index in [4.69, 9.17) is 10.6 Å². The fourth-order valence-corrected chi connectivity index (χ4v) is 1.33.